The van der Waals surface area contributed by atoms with Crippen LogP contribution in [0.2, 0.25) is 0 Å². The number of fused-ring (bicyclic) bond motifs is 1. The fourth-order valence-corrected chi connectivity index (χ4v) is 1.35. The second-order valence-corrected chi connectivity index (χ2v) is 3.41. The Hall–Kier alpha value is -1.84. The molecule has 10 heteroatoms. The zero-order valence-corrected chi connectivity index (χ0v) is 8.70. The van der Waals surface area contributed by atoms with Crippen LogP contribution in [0.4, 0.5) is 13.2 Å². The van der Waals surface area contributed by atoms with Crippen LogP contribution >= 0.6 is 12.6 Å². The lowest BCUT2D eigenvalue weighted by Gasteiger charge is -2.05. The third kappa shape index (κ3) is 2.02. The van der Waals surface area contributed by atoms with Crippen LogP contribution in [0.5, 0.6) is 0 Å². The molecule has 0 saturated heterocycles. The lowest BCUT2D eigenvalue weighted by molar-refractivity contribution is -0.141. The maximum Gasteiger partial charge on any atom is 0.433 e. The standard InChI is InChI=1S/C7H3F3N4O2S/c8-7(9,10)2-1-3(17)14-6(11-2)12-4(13-14)5(15)16/h1,17H,(H,15,16). The Morgan fingerprint density at radius 2 is 2.06 bits per heavy atom. The molecule has 2 aromatic rings. The highest BCUT2D eigenvalue weighted by Gasteiger charge is 2.34. The summed E-state index contributed by atoms with van der Waals surface area (Å²) in [5, 5.41) is 11.8. The maximum atomic E-state index is 12.4. The highest BCUT2D eigenvalue weighted by molar-refractivity contribution is 7.80. The molecule has 0 aliphatic rings. The van der Waals surface area contributed by atoms with Gasteiger partial charge in [-0.3, -0.25) is 0 Å². The zero-order valence-electron chi connectivity index (χ0n) is 7.80. The fraction of sp³-hybridized carbons (Fsp3) is 0.143. The van der Waals surface area contributed by atoms with Gasteiger partial charge in [0.05, 0.1) is 0 Å². The molecule has 90 valence electrons. The second-order valence-electron chi connectivity index (χ2n) is 2.95. The van der Waals surface area contributed by atoms with Gasteiger partial charge in [0.15, 0.2) is 5.69 Å². The number of carboxylic acid groups (broad SMARTS) is 1. The number of hydrogen-bond donors (Lipinski definition) is 2. The third-order valence-electron chi connectivity index (χ3n) is 1.78. The smallest absolute Gasteiger partial charge is 0.433 e. The van der Waals surface area contributed by atoms with E-state index in [2.05, 4.69) is 27.7 Å². The van der Waals surface area contributed by atoms with Crippen LogP contribution < -0.4 is 0 Å². The minimum Gasteiger partial charge on any atom is -0.475 e. The van der Waals surface area contributed by atoms with E-state index in [9.17, 15) is 18.0 Å². The van der Waals surface area contributed by atoms with Crippen LogP contribution in [0.1, 0.15) is 16.3 Å². The number of nitrogens with zero attached hydrogens (tertiary/aromatic N) is 4. The van der Waals surface area contributed by atoms with Gasteiger partial charge in [-0.25, -0.2) is 9.78 Å². The van der Waals surface area contributed by atoms with Gasteiger partial charge in [-0.15, -0.1) is 17.7 Å². The number of rotatable bonds is 1. The molecule has 0 unspecified atom stereocenters. The van der Waals surface area contributed by atoms with Gasteiger partial charge in [0, 0.05) is 6.07 Å². The normalized spacial score (nSPS) is 12.0. The van der Waals surface area contributed by atoms with Crippen molar-refractivity contribution in [2.75, 3.05) is 0 Å². The van der Waals surface area contributed by atoms with E-state index in [0.717, 1.165) is 4.52 Å². The van der Waals surface area contributed by atoms with Gasteiger partial charge in [-0.05, 0) is 0 Å². The molecule has 0 fully saturated rings. The van der Waals surface area contributed by atoms with Gasteiger partial charge in [0.25, 0.3) is 11.6 Å². The van der Waals surface area contributed by atoms with Gasteiger partial charge in [-0.2, -0.15) is 22.7 Å². The van der Waals surface area contributed by atoms with E-state index in [1.165, 1.54) is 0 Å². The number of carboxylic acids is 1. The Bertz CT molecular complexity index is 609. The molecule has 0 aliphatic carbocycles. The monoisotopic (exact) mass is 264 g/mol. The summed E-state index contributed by atoms with van der Waals surface area (Å²) >= 11 is 3.76. The predicted octanol–water partition coefficient (Wildman–Crippen LogP) is 1.13. The first kappa shape index (κ1) is 11.6. The molecule has 1 N–H and O–H groups in total. The van der Waals surface area contributed by atoms with E-state index in [1.807, 2.05) is 0 Å². The molecule has 0 spiro atoms. The summed E-state index contributed by atoms with van der Waals surface area (Å²) < 4.78 is 38.0. The number of hydrogen-bond acceptors (Lipinski definition) is 5. The average molecular weight is 264 g/mol. The molecule has 0 aliphatic heterocycles. The van der Waals surface area contributed by atoms with Crippen LogP contribution in [0, 0.1) is 0 Å². The summed E-state index contributed by atoms with van der Waals surface area (Å²) in [6.45, 7) is 0. The average Bonchev–Trinajstić information content (AvgIpc) is 2.60. The Balaban J connectivity index is 2.69. The first-order valence-corrected chi connectivity index (χ1v) is 4.51. The van der Waals surface area contributed by atoms with Gasteiger partial charge < -0.3 is 5.11 Å². The number of halogens is 3. The van der Waals surface area contributed by atoms with Crippen LogP contribution in [0.3, 0.4) is 0 Å². The Labute approximate surface area is 96.5 Å². The number of carbonyl (C=O) groups is 1. The van der Waals surface area contributed by atoms with Crippen molar-refractivity contribution in [3.05, 3.63) is 17.6 Å². The number of aromatic carboxylic acids is 1. The Kier molecular flexibility index (Phi) is 2.45. The minimum atomic E-state index is -4.66. The van der Waals surface area contributed by atoms with Crippen molar-refractivity contribution in [2.45, 2.75) is 11.2 Å². The van der Waals surface area contributed by atoms with E-state index in [0.29, 0.717) is 6.07 Å². The lowest BCUT2D eigenvalue weighted by atomic mass is 10.4. The molecule has 0 amide bonds. The molecule has 2 aromatic heterocycles. The van der Waals surface area contributed by atoms with Crippen molar-refractivity contribution in [3.8, 4) is 0 Å². The summed E-state index contributed by atoms with van der Waals surface area (Å²) in [5.41, 5.74) is -1.21. The lowest BCUT2D eigenvalue weighted by Crippen LogP contribution is -2.10. The molecule has 17 heavy (non-hydrogen) atoms. The van der Waals surface area contributed by atoms with Crippen molar-refractivity contribution in [3.63, 3.8) is 0 Å². The van der Waals surface area contributed by atoms with E-state index in [4.69, 9.17) is 5.11 Å². The Morgan fingerprint density at radius 1 is 1.41 bits per heavy atom. The van der Waals surface area contributed by atoms with E-state index >= 15 is 0 Å². The highest BCUT2D eigenvalue weighted by Crippen LogP contribution is 2.29. The second kappa shape index (κ2) is 3.58. The van der Waals surface area contributed by atoms with Crippen molar-refractivity contribution >= 4 is 24.4 Å². The van der Waals surface area contributed by atoms with Gasteiger partial charge in [0.1, 0.15) is 5.03 Å². The minimum absolute atomic E-state index is 0.206. The number of aromatic nitrogens is 4. The van der Waals surface area contributed by atoms with Crippen molar-refractivity contribution in [1.82, 2.24) is 19.6 Å². The van der Waals surface area contributed by atoms with Crippen LogP contribution in [-0.2, 0) is 6.18 Å². The van der Waals surface area contributed by atoms with E-state index in [-0.39, 0.29) is 5.03 Å². The van der Waals surface area contributed by atoms with E-state index in [1.54, 1.807) is 0 Å². The van der Waals surface area contributed by atoms with Gasteiger partial charge >= 0.3 is 12.1 Å². The molecule has 0 radical (unpaired) electrons. The first-order chi connectivity index (χ1) is 7.79. The topological polar surface area (TPSA) is 80.4 Å². The summed E-state index contributed by atoms with van der Waals surface area (Å²) in [5.74, 6) is -2.58. The van der Waals surface area contributed by atoms with Crippen molar-refractivity contribution in [1.29, 1.82) is 0 Å². The van der Waals surface area contributed by atoms with Crippen LogP contribution in [0.15, 0.2) is 11.1 Å². The molecule has 6 nitrogen and oxygen atoms in total. The molecular weight excluding hydrogens is 261 g/mol. The van der Waals surface area contributed by atoms with Gasteiger partial charge in [0.2, 0.25) is 0 Å². The molecule has 0 atom stereocenters. The maximum absolute atomic E-state index is 12.4. The summed E-state index contributed by atoms with van der Waals surface area (Å²) in [6, 6.07) is 0.635. The fourth-order valence-electron chi connectivity index (χ4n) is 1.09. The van der Waals surface area contributed by atoms with Crippen LogP contribution in [0.25, 0.3) is 5.78 Å². The molecule has 0 aromatic carbocycles. The molecule has 0 saturated carbocycles. The van der Waals surface area contributed by atoms with Crippen molar-refractivity contribution < 1.29 is 23.1 Å². The predicted molar refractivity (Wildman–Crippen MR) is 50.0 cm³/mol. The first-order valence-electron chi connectivity index (χ1n) is 4.06. The van der Waals surface area contributed by atoms with E-state index < -0.39 is 29.4 Å². The van der Waals surface area contributed by atoms with Gasteiger partial charge in [-0.1, -0.05) is 0 Å². The highest BCUT2D eigenvalue weighted by atomic mass is 32.1. The molecule has 0 bridgehead atoms. The summed E-state index contributed by atoms with van der Waals surface area (Å²) in [6.07, 6.45) is -4.66. The van der Waals surface area contributed by atoms with Crippen LogP contribution in [-0.4, -0.2) is 30.7 Å². The quantitative estimate of drug-likeness (QED) is 0.596. The third-order valence-corrected chi connectivity index (χ3v) is 2.09. The SMILES string of the molecule is O=C(O)c1nc2nc(C(F)(F)F)cc(S)n2n1. The molecule has 2 rings (SSSR count). The number of thiol groups is 1. The zero-order chi connectivity index (χ0) is 12.8. The summed E-state index contributed by atoms with van der Waals surface area (Å²) in [4.78, 5) is 17.1. The molecular formula is C7H3F3N4O2S. The largest absolute Gasteiger partial charge is 0.475 e. The van der Waals surface area contributed by atoms with Crippen molar-refractivity contribution in [2.24, 2.45) is 0 Å². The Morgan fingerprint density at radius 3 is 2.59 bits per heavy atom. The summed E-state index contributed by atoms with van der Waals surface area (Å²) in [7, 11) is 0. The number of alkyl halides is 3. The molecule has 2 heterocycles.